The number of hydrogen-bond donors (Lipinski definition) is 6. The molecule has 6 N–H and O–H groups in total. The van der Waals surface area contributed by atoms with Gasteiger partial charge in [-0.15, -0.1) is 0 Å². The quantitative estimate of drug-likeness (QED) is 0.0211. The lowest BCUT2D eigenvalue weighted by Gasteiger charge is -2.17. The largest absolute Gasteiger partial charge is 0.502 e. The lowest BCUT2D eigenvalue weighted by Crippen LogP contribution is -2.10. The smallest absolute Gasteiger partial charge is 0.227 e. The fraction of sp³-hybridized carbons (Fsp3) is 0.581. The van der Waals surface area contributed by atoms with Crippen LogP contribution >= 0.6 is 0 Å². The Hall–Kier alpha value is -5.06. The number of hydrogen-bond acceptors (Lipinski definition) is 8. The van der Waals surface area contributed by atoms with Crippen LogP contribution in [0.3, 0.4) is 0 Å². The molecule has 0 aliphatic heterocycles. The normalized spacial score (nSPS) is 12.4. The summed E-state index contributed by atoms with van der Waals surface area (Å²) in [6, 6.07) is 18.4. The molecule has 2 atom stereocenters. The zero-order valence-electron chi connectivity index (χ0n) is 44.1. The van der Waals surface area contributed by atoms with Gasteiger partial charge in [-0.2, -0.15) is 0 Å². The average molecular weight is 991 g/mol. The highest BCUT2D eigenvalue weighted by Crippen LogP contribution is 2.40. The van der Waals surface area contributed by atoms with Crippen molar-refractivity contribution in [2.24, 2.45) is 0 Å². The van der Waals surface area contributed by atoms with E-state index in [4.69, 9.17) is 8.83 Å². The summed E-state index contributed by atoms with van der Waals surface area (Å²) in [5.74, 6) is -0.343. The number of para-hydroxylation sites is 2. The molecule has 4 aromatic heterocycles. The molecule has 4 heterocycles. The van der Waals surface area contributed by atoms with Crippen LogP contribution < -0.4 is 10.9 Å². The Morgan fingerprint density at radius 2 is 0.722 bits per heavy atom. The third-order valence-electron chi connectivity index (χ3n) is 14.6. The number of benzene rings is 2. The van der Waals surface area contributed by atoms with Gasteiger partial charge in [0.05, 0.1) is 0 Å². The van der Waals surface area contributed by atoms with Crippen LogP contribution in [0, 0.1) is 0 Å². The van der Waals surface area contributed by atoms with E-state index in [2.05, 4.69) is 23.8 Å². The van der Waals surface area contributed by atoms with Crippen LogP contribution in [0.25, 0.3) is 21.8 Å². The monoisotopic (exact) mass is 991 g/mol. The Labute approximate surface area is 430 Å². The number of H-pyrrole nitrogens is 2. The van der Waals surface area contributed by atoms with Gasteiger partial charge in [0.15, 0.2) is 11.5 Å². The van der Waals surface area contributed by atoms with Gasteiger partial charge in [0.2, 0.25) is 22.4 Å². The van der Waals surface area contributed by atoms with Gasteiger partial charge in [-0.25, -0.2) is 0 Å². The van der Waals surface area contributed by atoms with Gasteiger partial charge in [0.25, 0.3) is 0 Å². The summed E-state index contributed by atoms with van der Waals surface area (Å²) in [7, 11) is 0. The molecule has 6 aromatic rings. The van der Waals surface area contributed by atoms with Crippen LogP contribution in [-0.4, -0.2) is 30.4 Å². The second-order valence-electron chi connectivity index (χ2n) is 20.3. The van der Waals surface area contributed by atoms with Gasteiger partial charge < -0.3 is 39.2 Å². The lowest BCUT2D eigenvalue weighted by atomic mass is 9.89. The fourth-order valence-corrected chi connectivity index (χ4v) is 10.4. The van der Waals surface area contributed by atoms with Gasteiger partial charge in [-0.1, -0.05) is 230 Å². The molecule has 0 bridgehead atoms. The number of aromatic amines is 2. The van der Waals surface area contributed by atoms with Crippen LogP contribution in [0.2, 0.25) is 0 Å². The fourth-order valence-electron chi connectivity index (χ4n) is 10.4. The number of nitrogens with one attached hydrogen (secondary N) is 2. The molecule has 396 valence electrons. The van der Waals surface area contributed by atoms with E-state index in [0.29, 0.717) is 0 Å². The molecule has 0 amide bonds. The second-order valence-corrected chi connectivity index (χ2v) is 20.3. The highest BCUT2D eigenvalue weighted by atomic mass is 16.4. The topological polar surface area (TPSA) is 173 Å². The maximum atomic E-state index is 12.3. The highest BCUT2D eigenvalue weighted by Gasteiger charge is 2.27. The van der Waals surface area contributed by atoms with Crippen molar-refractivity contribution < 1.29 is 29.3 Å². The molecule has 2 aromatic carbocycles. The average Bonchev–Trinajstić information content (AvgIpc) is 4.03. The predicted molar refractivity (Wildman–Crippen MR) is 295 cm³/mol. The predicted octanol–water partition coefficient (Wildman–Crippen LogP) is 16.6. The maximum absolute atomic E-state index is 12.3. The molecule has 0 spiro atoms. The van der Waals surface area contributed by atoms with E-state index < -0.39 is 10.9 Å². The van der Waals surface area contributed by atoms with E-state index in [0.717, 1.165) is 77.5 Å². The van der Waals surface area contributed by atoms with Gasteiger partial charge in [-0.05, 0) is 36.1 Å². The summed E-state index contributed by atoms with van der Waals surface area (Å²) in [4.78, 5) is 31.3. The second kappa shape index (κ2) is 33.6. The van der Waals surface area contributed by atoms with Crippen molar-refractivity contribution in [1.29, 1.82) is 0 Å². The number of unbranched alkanes of at least 4 members (excludes halogenated alkanes) is 26. The summed E-state index contributed by atoms with van der Waals surface area (Å²) in [5.41, 5.74) is 3.02. The Bertz CT molecular complexity index is 2510. The molecule has 10 heteroatoms. The highest BCUT2D eigenvalue weighted by molar-refractivity contribution is 5.85. The van der Waals surface area contributed by atoms with Crippen LogP contribution in [0.1, 0.15) is 252 Å². The Kier molecular flexibility index (Phi) is 27.0. The van der Waals surface area contributed by atoms with Crippen molar-refractivity contribution >= 4 is 21.8 Å². The number of aromatic hydroxyl groups is 2. The van der Waals surface area contributed by atoms with E-state index >= 15 is 0 Å². The van der Waals surface area contributed by atoms with Crippen LogP contribution in [0.4, 0.5) is 0 Å². The zero-order valence-corrected chi connectivity index (χ0v) is 44.1. The molecule has 0 saturated heterocycles. The zero-order chi connectivity index (χ0) is 51.2. The first-order valence-corrected chi connectivity index (χ1v) is 28.4. The third-order valence-corrected chi connectivity index (χ3v) is 14.6. The van der Waals surface area contributed by atoms with Crippen molar-refractivity contribution in [3.63, 3.8) is 0 Å². The molecule has 0 aliphatic carbocycles. The van der Waals surface area contributed by atoms with Crippen molar-refractivity contribution in [3.05, 3.63) is 128 Å². The van der Waals surface area contributed by atoms with E-state index in [1.807, 2.05) is 60.9 Å². The molecule has 10 nitrogen and oxygen atoms in total. The van der Waals surface area contributed by atoms with Crippen molar-refractivity contribution in [3.8, 4) is 11.5 Å². The summed E-state index contributed by atoms with van der Waals surface area (Å²) >= 11 is 0. The number of aliphatic hydroxyl groups excluding tert-OH is 2. The molecule has 2 unspecified atom stereocenters. The summed E-state index contributed by atoms with van der Waals surface area (Å²) in [6.07, 6.45) is 41.8. The van der Waals surface area contributed by atoms with Gasteiger partial charge in [0, 0.05) is 58.2 Å². The Balaban J connectivity index is 0.000000268. The van der Waals surface area contributed by atoms with Crippen LogP contribution in [0.15, 0.2) is 91.5 Å². The third kappa shape index (κ3) is 18.8. The van der Waals surface area contributed by atoms with Crippen molar-refractivity contribution in [1.82, 2.24) is 9.97 Å². The molecule has 0 fully saturated rings. The van der Waals surface area contributed by atoms with Gasteiger partial charge in [-0.3, -0.25) is 9.59 Å². The standard InChI is InChI=1S/C32H47NO4.C30H43NO4/c1-2-3-4-5-6-7-8-9-10-11-12-13-14-15-16-20-27(28-23-33-29-21-18-17-19-26(28)29)32-31(36)30(35)22-25(24-34)37-32;1-2-3-4-5-6-7-8-9-10-11-12-13-14-18-25(26-21-31-27-19-16-15-17-24(26)27)30-29(34)28(33)20-23(22-32)35-30/h17-19,21-23,27,33-34,36H,2-16,20,24H2,1H3;15-17,19-21,25,31-32,34H,2-14,18,22H2,1H3. The first-order valence-electron chi connectivity index (χ1n) is 28.4. The van der Waals surface area contributed by atoms with Gasteiger partial charge >= 0.3 is 0 Å². The molecule has 6 rings (SSSR count). The van der Waals surface area contributed by atoms with Crippen LogP contribution in [-0.2, 0) is 13.2 Å². The maximum Gasteiger partial charge on any atom is 0.227 e. The Morgan fingerprint density at radius 3 is 1.03 bits per heavy atom. The summed E-state index contributed by atoms with van der Waals surface area (Å²) < 4.78 is 11.7. The number of aliphatic hydroxyl groups is 2. The minimum Gasteiger partial charge on any atom is -0.502 e. The lowest BCUT2D eigenvalue weighted by molar-refractivity contribution is 0.232. The van der Waals surface area contributed by atoms with Crippen molar-refractivity contribution in [2.45, 2.75) is 232 Å². The van der Waals surface area contributed by atoms with Crippen molar-refractivity contribution in [2.75, 3.05) is 0 Å². The first kappa shape index (κ1) is 57.8. The van der Waals surface area contributed by atoms with E-state index in [1.54, 1.807) is 0 Å². The molecule has 0 saturated carbocycles. The first-order chi connectivity index (χ1) is 35.3. The number of rotatable bonds is 36. The minimum absolute atomic E-state index is 0.179. The molecular weight excluding hydrogens is 901 g/mol. The van der Waals surface area contributed by atoms with Gasteiger partial charge in [0.1, 0.15) is 24.7 Å². The molecule has 0 aliphatic rings. The molecule has 72 heavy (non-hydrogen) atoms. The molecular formula is C62H90N2O8. The SMILES string of the molecule is CCCCCCCCCCCCCCCC(c1oc(CO)cc(=O)c1O)c1c[nH]c2ccccc12.CCCCCCCCCCCCCCCCCC(c1oc(CO)cc(=O)c1O)c1c[nH]c2ccccc12. The Morgan fingerprint density at radius 1 is 0.431 bits per heavy atom. The minimum atomic E-state index is -0.509. The van der Waals surface area contributed by atoms with E-state index in [1.165, 1.54) is 160 Å². The summed E-state index contributed by atoms with van der Waals surface area (Å²) in [6.45, 7) is 3.79. The molecule has 0 radical (unpaired) electrons. The van der Waals surface area contributed by atoms with E-state index in [9.17, 15) is 30.0 Å². The summed E-state index contributed by atoms with van der Waals surface area (Å²) in [5, 5.41) is 42.4. The van der Waals surface area contributed by atoms with E-state index in [-0.39, 0.29) is 59.6 Å². The number of fused-ring (bicyclic) bond motifs is 2. The number of aromatic nitrogens is 2. The van der Waals surface area contributed by atoms with Crippen LogP contribution in [0.5, 0.6) is 11.5 Å².